The van der Waals surface area contributed by atoms with Gasteiger partial charge in [0, 0.05) is 25.4 Å². The molecule has 7 heteroatoms. The Morgan fingerprint density at radius 2 is 1.96 bits per heavy atom. The van der Waals surface area contributed by atoms with Crippen LogP contribution in [0.2, 0.25) is 0 Å². The molecule has 1 aromatic carbocycles. The Bertz CT molecular complexity index is 830. The average molecular weight is 336 g/mol. The van der Waals surface area contributed by atoms with Gasteiger partial charge in [-0.1, -0.05) is 30.3 Å². The van der Waals surface area contributed by atoms with Crippen LogP contribution in [0.25, 0.3) is 5.82 Å². The fourth-order valence-electron chi connectivity index (χ4n) is 2.35. The number of carbonyl (C=O) groups is 1. The second kappa shape index (κ2) is 8.05. The monoisotopic (exact) mass is 336 g/mol. The maximum Gasteiger partial charge on any atom is 0.224 e. The van der Waals surface area contributed by atoms with Crippen molar-refractivity contribution < 1.29 is 4.79 Å². The minimum absolute atomic E-state index is 0.00314. The molecule has 0 fully saturated rings. The molecule has 3 aromatic rings. The standard InChI is InChI=1S/C18H20N6O/c1-14-7-10-24(23-14)17-12-16(21-13-22-17)19-8-9-20-18(25)11-15-5-3-2-4-6-15/h2-7,10,12-13H,8-9,11H2,1H3,(H,20,25)(H,19,21,22). The molecule has 0 atom stereocenters. The van der Waals surface area contributed by atoms with E-state index in [1.165, 1.54) is 6.33 Å². The number of nitrogens with zero attached hydrogens (tertiary/aromatic N) is 4. The van der Waals surface area contributed by atoms with Gasteiger partial charge in [-0.3, -0.25) is 4.79 Å². The van der Waals surface area contributed by atoms with Crippen LogP contribution in [0.3, 0.4) is 0 Å². The maximum atomic E-state index is 11.9. The molecule has 128 valence electrons. The largest absolute Gasteiger partial charge is 0.368 e. The molecule has 2 aromatic heterocycles. The molecule has 7 nitrogen and oxygen atoms in total. The minimum atomic E-state index is 0.00314. The number of nitrogens with one attached hydrogen (secondary N) is 2. The Balaban J connectivity index is 1.45. The van der Waals surface area contributed by atoms with E-state index in [1.54, 1.807) is 4.68 Å². The molecule has 0 unspecified atom stereocenters. The number of rotatable bonds is 7. The van der Waals surface area contributed by atoms with E-state index in [-0.39, 0.29) is 5.91 Å². The van der Waals surface area contributed by atoms with Crippen molar-refractivity contribution >= 4 is 11.7 Å². The van der Waals surface area contributed by atoms with Crippen LogP contribution < -0.4 is 10.6 Å². The van der Waals surface area contributed by atoms with Crippen molar-refractivity contribution in [3.63, 3.8) is 0 Å². The quantitative estimate of drug-likeness (QED) is 0.642. The summed E-state index contributed by atoms with van der Waals surface area (Å²) in [7, 11) is 0. The van der Waals surface area contributed by atoms with Crippen molar-refractivity contribution in [2.45, 2.75) is 13.3 Å². The summed E-state index contributed by atoms with van der Waals surface area (Å²) in [4.78, 5) is 20.3. The molecule has 0 aliphatic rings. The molecule has 25 heavy (non-hydrogen) atoms. The molecule has 2 N–H and O–H groups in total. The summed E-state index contributed by atoms with van der Waals surface area (Å²) in [6.07, 6.45) is 3.73. The van der Waals surface area contributed by atoms with Crippen molar-refractivity contribution in [1.82, 2.24) is 25.1 Å². The highest BCUT2D eigenvalue weighted by Crippen LogP contribution is 2.08. The van der Waals surface area contributed by atoms with Gasteiger partial charge in [-0.25, -0.2) is 14.6 Å². The number of hydrogen-bond acceptors (Lipinski definition) is 5. The Kier molecular flexibility index (Phi) is 5.36. The zero-order valence-corrected chi connectivity index (χ0v) is 14.0. The second-order valence-corrected chi connectivity index (χ2v) is 5.60. The number of anilines is 1. The molecular formula is C18H20N6O. The number of hydrogen-bond donors (Lipinski definition) is 2. The van der Waals surface area contributed by atoms with Gasteiger partial charge in [0.1, 0.15) is 12.1 Å². The zero-order chi connectivity index (χ0) is 17.5. The van der Waals surface area contributed by atoms with Gasteiger partial charge >= 0.3 is 0 Å². The van der Waals surface area contributed by atoms with Crippen LogP contribution in [0.1, 0.15) is 11.3 Å². The van der Waals surface area contributed by atoms with Gasteiger partial charge in [-0.15, -0.1) is 0 Å². The smallest absolute Gasteiger partial charge is 0.224 e. The van der Waals surface area contributed by atoms with E-state index in [0.29, 0.717) is 31.1 Å². The lowest BCUT2D eigenvalue weighted by Gasteiger charge is -2.08. The third-order valence-corrected chi connectivity index (χ3v) is 3.57. The number of amides is 1. The third-order valence-electron chi connectivity index (χ3n) is 3.57. The van der Waals surface area contributed by atoms with Crippen LogP contribution in [0.5, 0.6) is 0 Å². The topological polar surface area (TPSA) is 84.7 Å². The normalized spacial score (nSPS) is 10.4. The molecule has 0 spiro atoms. The Hall–Kier alpha value is -3.22. The molecule has 1 amide bonds. The summed E-state index contributed by atoms with van der Waals surface area (Å²) in [5, 5.41) is 10.4. The van der Waals surface area contributed by atoms with Gasteiger partial charge in [0.2, 0.25) is 5.91 Å². The van der Waals surface area contributed by atoms with Crippen LogP contribution in [0, 0.1) is 6.92 Å². The Morgan fingerprint density at radius 1 is 1.12 bits per heavy atom. The predicted molar refractivity (Wildman–Crippen MR) is 95.5 cm³/mol. The van der Waals surface area contributed by atoms with Gasteiger partial charge in [-0.05, 0) is 18.6 Å². The summed E-state index contributed by atoms with van der Waals surface area (Å²) >= 11 is 0. The third kappa shape index (κ3) is 4.87. The lowest BCUT2D eigenvalue weighted by molar-refractivity contribution is -0.120. The van der Waals surface area contributed by atoms with Crippen LogP contribution in [-0.2, 0) is 11.2 Å². The van der Waals surface area contributed by atoms with Crippen molar-refractivity contribution in [3.8, 4) is 5.82 Å². The number of benzene rings is 1. The van der Waals surface area contributed by atoms with Crippen molar-refractivity contribution in [2.24, 2.45) is 0 Å². The van der Waals surface area contributed by atoms with E-state index in [9.17, 15) is 4.79 Å². The molecule has 2 heterocycles. The van der Waals surface area contributed by atoms with E-state index < -0.39 is 0 Å². The minimum Gasteiger partial charge on any atom is -0.368 e. The first-order valence-corrected chi connectivity index (χ1v) is 8.10. The number of carbonyl (C=O) groups excluding carboxylic acids is 1. The van der Waals surface area contributed by atoms with Gasteiger partial charge in [0.25, 0.3) is 0 Å². The fourth-order valence-corrected chi connectivity index (χ4v) is 2.35. The van der Waals surface area contributed by atoms with Crippen molar-refractivity contribution in [1.29, 1.82) is 0 Å². The molecule has 0 bridgehead atoms. The number of aryl methyl sites for hydroxylation is 1. The van der Waals surface area contributed by atoms with Crippen LogP contribution >= 0.6 is 0 Å². The van der Waals surface area contributed by atoms with E-state index in [2.05, 4.69) is 25.7 Å². The van der Waals surface area contributed by atoms with E-state index in [4.69, 9.17) is 0 Å². The molecule has 0 radical (unpaired) electrons. The second-order valence-electron chi connectivity index (χ2n) is 5.60. The summed E-state index contributed by atoms with van der Waals surface area (Å²) in [5.74, 6) is 1.39. The summed E-state index contributed by atoms with van der Waals surface area (Å²) in [5.41, 5.74) is 1.93. The van der Waals surface area contributed by atoms with E-state index >= 15 is 0 Å². The Labute approximate surface area is 146 Å². The van der Waals surface area contributed by atoms with Gasteiger partial charge in [0.05, 0.1) is 12.1 Å². The summed E-state index contributed by atoms with van der Waals surface area (Å²) in [6, 6.07) is 13.4. The van der Waals surface area contributed by atoms with Crippen LogP contribution in [0.15, 0.2) is 55.0 Å². The SMILES string of the molecule is Cc1ccn(-c2cc(NCCNC(=O)Cc3ccccc3)ncn2)n1. The highest BCUT2D eigenvalue weighted by molar-refractivity contribution is 5.78. The lowest BCUT2D eigenvalue weighted by Crippen LogP contribution is -2.30. The number of aromatic nitrogens is 4. The fraction of sp³-hybridized carbons (Fsp3) is 0.222. The first-order chi connectivity index (χ1) is 12.2. The molecule has 0 saturated heterocycles. The zero-order valence-electron chi connectivity index (χ0n) is 14.0. The first kappa shape index (κ1) is 16.6. The van der Waals surface area contributed by atoms with Gasteiger partial charge in [-0.2, -0.15) is 5.10 Å². The van der Waals surface area contributed by atoms with Crippen molar-refractivity contribution in [3.05, 3.63) is 66.2 Å². The van der Waals surface area contributed by atoms with Crippen LogP contribution in [0.4, 0.5) is 5.82 Å². The van der Waals surface area contributed by atoms with Crippen molar-refractivity contribution in [2.75, 3.05) is 18.4 Å². The highest BCUT2D eigenvalue weighted by Gasteiger charge is 2.04. The molecule has 3 rings (SSSR count). The summed E-state index contributed by atoms with van der Waals surface area (Å²) < 4.78 is 1.70. The van der Waals surface area contributed by atoms with Gasteiger partial charge < -0.3 is 10.6 Å². The average Bonchev–Trinajstić information content (AvgIpc) is 3.06. The maximum absolute atomic E-state index is 11.9. The van der Waals surface area contributed by atoms with Gasteiger partial charge in [0.15, 0.2) is 5.82 Å². The molecular weight excluding hydrogens is 316 g/mol. The molecule has 0 aliphatic carbocycles. The van der Waals surface area contributed by atoms with E-state index in [0.717, 1.165) is 11.3 Å². The lowest BCUT2D eigenvalue weighted by atomic mass is 10.1. The first-order valence-electron chi connectivity index (χ1n) is 8.10. The highest BCUT2D eigenvalue weighted by atomic mass is 16.1. The molecule has 0 saturated carbocycles. The van der Waals surface area contributed by atoms with E-state index in [1.807, 2.05) is 55.6 Å². The molecule has 0 aliphatic heterocycles. The van der Waals surface area contributed by atoms with Crippen LogP contribution in [-0.4, -0.2) is 38.7 Å². The predicted octanol–water partition coefficient (Wildman–Crippen LogP) is 1.74. The Morgan fingerprint density at radius 3 is 2.72 bits per heavy atom. The summed E-state index contributed by atoms with van der Waals surface area (Å²) in [6.45, 7) is 3.02.